The average molecular weight is 423 g/mol. The van der Waals surface area contributed by atoms with Gasteiger partial charge in [-0.2, -0.15) is 0 Å². The Balaban J connectivity index is 1.73. The van der Waals surface area contributed by atoms with Gasteiger partial charge in [0.2, 0.25) is 0 Å². The number of hydrogen-bond donors (Lipinski definition) is 1. The van der Waals surface area contributed by atoms with Gasteiger partial charge in [-0.05, 0) is 56.9 Å². The van der Waals surface area contributed by atoms with E-state index in [1.54, 1.807) is 0 Å². The first-order valence-corrected chi connectivity index (χ1v) is 11.0. The van der Waals surface area contributed by atoms with Crippen molar-refractivity contribution < 1.29 is 14.3 Å². The Kier molecular flexibility index (Phi) is 4.86. The highest BCUT2D eigenvalue weighted by molar-refractivity contribution is 6.31. The van der Waals surface area contributed by atoms with Gasteiger partial charge in [0.1, 0.15) is 10.9 Å². The average Bonchev–Trinajstić information content (AvgIpc) is 2.73. The van der Waals surface area contributed by atoms with Crippen LogP contribution in [0.3, 0.4) is 0 Å². The van der Waals surface area contributed by atoms with Gasteiger partial charge in [0.05, 0.1) is 12.1 Å². The van der Waals surface area contributed by atoms with Crippen LogP contribution >= 0.6 is 11.6 Å². The molecule has 5 rings (SSSR count). The lowest BCUT2D eigenvalue weighted by Gasteiger charge is -2.37. The fraction of sp³-hybridized carbons (Fsp3) is 0.375. The van der Waals surface area contributed by atoms with Gasteiger partial charge in [-0.25, -0.2) is 4.98 Å². The summed E-state index contributed by atoms with van der Waals surface area (Å²) in [4.78, 5) is 30.6. The SMILES string of the molecule is CCOc1ccc2nc(Cl)c(C3C4=C(CCCC4=O)NC4=C3C(=O)CCC4)cc2c1. The topological polar surface area (TPSA) is 68.3 Å². The molecule has 154 valence electrons. The molecule has 3 aliphatic rings. The largest absolute Gasteiger partial charge is 0.494 e. The number of nitrogens with zero attached hydrogens (tertiary/aromatic N) is 1. The molecule has 0 atom stereocenters. The van der Waals surface area contributed by atoms with Crippen LogP contribution in [0.1, 0.15) is 56.9 Å². The Bertz CT molecular complexity index is 1110. The second kappa shape index (κ2) is 7.55. The Morgan fingerprint density at radius 1 is 1.03 bits per heavy atom. The van der Waals surface area contributed by atoms with Crippen LogP contribution in [0.2, 0.25) is 5.15 Å². The minimum Gasteiger partial charge on any atom is -0.494 e. The number of ketones is 2. The van der Waals surface area contributed by atoms with Gasteiger partial charge >= 0.3 is 0 Å². The van der Waals surface area contributed by atoms with Crippen LogP contribution in [0, 0.1) is 0 Å². The first-order valence-electron chi connectivity index (χ1n) is 10.6. The van der Waals surface area contributed by atoms with Crippen molar-refractivity contribution in [2.75, 3.05) is 6.61 Å². The van der Waals surface area contributed by atoms with Crippen molar-refractivity contribution in [3.05, 3.63) is 57.5 Å². The summed E-state index contributed by atoms with van der Waals surface area (Å²) in [5, 5.41) is 4.66. The molecular formula is C24H23ClN2O3. The summed E-state index contributed by atoms with van der Waals surface area (Å²) in [6.07, 6.45) is 4.29. The van der Waals surface area contributed by atoms with E-state index in [9.17, 15) is 9.59 Å². The zero-order valence-electron chi connectivity index (χ0n) is 16.9. The van der Waals surface area contributed by atoms with Crippen molar-refractivity contribution in [2.24, 2.45) is 0 Å². The molecule has 0 amide bonds. The number of carbonyl (C=O) groups excluding carboxylic acids is 2. The number of ether oxygens (including phenoxy) is 1. The van der Waals surface area contributed by atoms with Gasteiger partial charge in [-0.15, -0.1) is 0 Å². The predicted octanol–water partition coefficient (Wildman–Crippen LogP) is 4.99. The summed E-state index contributed by atoms with van der Waals surface area (Å²) in [5.41, 5.74) is 4.77. The molecule has 2 heterocycles. The van der Waals surface area contributed by atoms with Crippen LogP contribution in [0.5, 0.6) is 5.75 Å². The van der Waals surface area contributed by atoms with Gasteiger partial charge in [-0.3, -0.25) is 9.59 Å². The number of rotatable bonds is 3. The molecule has 2 aliphatic carbocycles. The quantitative estimate of drug-likeness (QED) is 0.706. The number of dihydropyridines is 1. The number of nitrogens with one attached hydrogen (secondary N) is 1. The second-order valence-corrected chi connectivity index (χ2v) is 8.41. The van der Waals surface area contributed by atoms with E-state index >= 15 is 0 Å². The normalized spacial score (nSPS) is 19.7. The molecule has 2 aromatic rings. The van der Waals surface area contributed by atoms with E-state index in [2.05, 4.69) is 10.3 Å². The molecule has 0 saturated heterocycles. The molecule has 1 N–H and O–H groups in total. The van der Waals surface area contributed by atoms with Gasteiger partial charge in [-0.1, -0.05) is 11.6 Å². The zero-order valence-corrected chi connectivity index (χ0v) is 17.6. The van der Waals surface area contributed by atoms with Crippen molar-refractivity contribution in [1.29, 1.82) is 0 Å². The van der Waals surface area contributed by atoms with E-state index in [0.29, 0.717) is 35.7 Å². The Morgan fingerprint density at radius 3 is 2.33 bits per heavy atom. The summed E-state index contributed by atoms with van der Waals surface area (Å²) in [5.74, 6) is 0.500. The van der Waals surface area contributed by atoms with E-state index in [1.165, 1.54) is 0 Å². The molecular weight excluding hydrogens is 400 g/mol. The Labute approximate surface area is 180 Å². The number of fused-ring (bicyclic) bond motifs is 1. The highest BCUT2D eigenvalue weighted by Gasteiger charge is 2.41. The second-order valence-electron chi connectivity index (χ2n) is 8.05. The number of halogens is 1. The third-order valence-electron chi connectivity index (χ3n) is 6.18. The van der Waals surface area contributed by atoms with Crippen LogP contribution in [0.4, 0.5) is 0 Å². The van der Waals surface area contributed by atoms with E-state index < -0.39 is 5.92 Å². The third kappa shape index (κ3) is 3.12. The summed E-state index contributed by atoms with van der Waals surface area (Å²) >= 11 is 6.66. The fourth-order valence-electron chi connectivity index (χ4n) is 4.90. The summed E-state index contributed by atoms with van der Waals surface area (Å²) in [6, 6.07) is 7.66. The fourth-order valence-corrected chi connectivity index (χ4v) is 5.16. The van der Waals surface area contributed by atoms with Gasteiger partial charge in [0, 0.05) is 52.2 Å². The number of benzene rings is 1. The first-order chi connectivity index (χ1) is 14.6. The molecule has 0 unspecified atom stereocenters. The molecule has 30 heavy (non-hydrogen) atoms. The standard InChI is InChI=1S/C24H23ClN2O3/c1-2-30-14-9-10-16-13(11-14)12-15(24(25)27-16)21-22-17(5-3-7-19(22)28)26-18-6-4-8-20(29)23(18)21/h9-12,21,26H,2-8H2,1H3. The molecule has 0 bridgehead atoms. The van der Waals surface area contributed by atoms with Crippen molar-refractivity contribution in [3.63, 3.8) is 0 Å². The molecule has 0 saturated carbocycles. The van der Waals surface area contributed by atoms with Crippen LogP contribution in [0.15, 0.2) is 46.8 Å². The lowest BCUT2D eigenvalue weighted by Crippen LogP contribution is -2.36. The van der Waals surface area contributed by atoms with Gasteiger partial charge < -0.3 is 10.1 Å². The summed E-state index contributed by atoms with van der Waals surface area (Å²) < 4.78 is 5.64. The molecule has 0 fully saturated rings. The minimum absolute atomic E-state index is 0.0953. The van der Waals surface area contributed by atoms with E-state index in [1.807, 2.05) is 31.2 Å². The molecule has 1 aromatic heterocycles. The van der Waals surface area contributed by atoms with Crippen LogP contribution in [-0.2, 0) is 9.59 Å². The molecule has 0 radical (unpaired) electrons. The highest BCUT2D eigenvalue weighted by atomic mass is 35.5. The van der Waals surface area contributed by atoms with Crippen molar-refractivity contribution in [1.82, 2.24) is 10.3 Å². The van der Waals surface area contributed by atoms with Gasteiger partial charge in [0.15, 0.2) is 11.6 Å². The lowest BCUT2D eigenvalue weighted by atomic mass is 9.72. The highest BCUT2D eigenvalue weighted by Crippen LogP contribution is 2.47. The lowest BCUT2D eigenvalue weighted by molar-refractivity contribution is -0.116. The Hall–Kier alpha value is -2.66. The number of hydrogen-bond acceptors (Lipinski definition) is 5. The number of pyridine rings is 1. The smallest absolute Gasteiger partial charge is 0.161 e. The number of Topliss-reactive ketones (excluding diaryl/α,β-unsaturated/α-hetero) is 2. The van der Waals surface area contributed by atoms with Crippen LogP contribution in [-0.4, -0.2) is 23.2 Å². The number of allylic oxidation sites excluding steroid dienone is 4. The third-order valence-corrected chi connectivity index (χ3v) is 6.48. The summed E-state index contributed by atoms with van der Waals surface area (Å²) in [6.45, 7) is 2.51. The zero-order chi connectivity index (χ0) is 20.8. The molecule has 6 heteroatoms. The maximum atomic E-state index is 13.0. The molecule has 1 aliphatic heterocycles. The van der Waals surface area contributed by atoms with E-state index in [-0.39, 0.29) is 11.6 Å². The van der Waals surface area contributed by atoms with E-state index in [0.717, 1.165) is 59.3 Å². The van der Waals surface area contributed by atoms with Crippen LogP contribution < -0.4 is 10.1 Å². The summed E-state index contributed by atoms with van der Waals surface area (Å²) in [7, 11) is 0. The first kappa shape index (κ1) is 19.3. The minimum atomic E-state index is -0.447. The molecule has 0 spiro atoms. The number of aromatic nitrogens is 1. The van der Waals surface area contributed by atoms with Gasteiger partial charge in [0.25, 0.3) is 0 Å². The molecule has 1 aromatic carbocycles. The maximum Gasteiger partial charge on any atom is 0.161 e. The van der Waals surface area contributed by atoms with Crippen LogP contribution in [0.25, 0.3) is 10.9 Å². The number of carbonyl (C=O) groups is 2. The molecule has 5 nitrogen and oxygen atoms in total. The Morgan fingerprint density at radius 2 is 1.70 bits per heavy atom. The predicted molar refractivity (Wildman–Crippen MR) is 116 cm³/mol. The van der Waals surface area contributed by atoms with Crippen molar-refractivity contribution in [3.8, 4) is 5.75 Å². The van der Waals surface area contributed by atoms with E-state index in [4.69, 9.17) is 16.3 Å². The van der Waals surface area contributed by atoms with Crippen molar-refractivity contribution >= 4 is 34.1 Å². The monoisotopic (exact) mass is 422 g/mol. The maximum absolute atomic E-state index is 13.0. The van der Waals surface area contributed by atoms with Crippen molar-refractivity contribution in [2.45, 2.75) is 51.4 Å².